The third kappa shape index (κ3) is 5.86. The number of fused-ring (bicyclic) bond motifs is 1. The third-order valence-corrected chi connectivity index (χ3v) is 10.8. The summed E-state index contributed by atoms with van der Waals surface area (Å²) in [5.74, 6) is 0.212. The molecule has 3 rings (SSSR count). The average Bonchev–Trinajstić information content (AvgIpc) is 2.73. The number of aromatic nitrogens is 4. The lowest BCUT2D eigenvalue weighted by Gasteiger charge is -2.36. The number of halogens is 2. The van der Waals surface area contributed by atoms with Gasteiger partial charge in [0.2, 0.25) is 5.88 Å². The van der Waals surface area contributed by atoms with Crippen molar-refractivity contribution in [2.75, 3.05) is 13.2 Å². The molecular weight excluding hydrogens is 459 g/mol. The van der Waals surface area contributed by atoms with Crippen LogP contribution in [0.4, 0.5) is 4.39 Å². The van der Waals surface area contributed by atoms with Crippen LogP contribution in [-0.2, 0) is 4.43 Å². The lowest BCUT2D eigenvalue weighted by atomic mass is 10.0. The molecule has 0 aliphatic heterocycles. The zero-order valence-electron chi connectivity index (χ0n) is 20.4. The Morgan fingerprint density at radius 2 is 1.85 bits per heavy atom. The summed E-state index contributed by atoms with van der Waals surface area (Å²) >= 11 is 5.93. The molecule has 0 atom stereocenters. The minimum atomic E-state index is -1.82. The summed E-state index contributed by atoms with van der Waals surface area (Å²) in [6.45, 7) is 16.1. The van der Waals surface area contributed by atoms with Crippen molar-refractivity contribution in [1.29, 1.82) is 0 Å². The van der Waals surface area contributed by atoms with Crippen molar-refractivity contribution in [2.45, 2.75) is 65.1 Å². The van der Waals surface area contributed by atoms with Crippen LogP contribution in [-0.4, -0.2) is 41.5 Å². The fourth-order valence-corrected chi connectivity index (χ4v) is 4.27. The predicted molar refractivity (Wildman–Crippen MR) is 133 cm³/mol. The van der Waals surface area contributed by atoms with Gasteiger partial charge in [0.15, 0.2) is 30.8 Å². The first-order chi connectivity index (χ1) is 15.4. The molecule has 9 heteroatoms. The highest BCUT2D eigenvalue weighted by Crippen LogP contribution is 2.36. The van der Waals surface area contributed by atoms with Gasteiger partial charge in [0.05, 0.1) is 17.7 Å². The Morgan fingerprint density at radius 3 is 2.52 bits per heavy atom. The summed E-state index contributed by atoms with van der Waals surface area (Å²) in [6.07, 6.45) is 2.42. The van der Waals surface area contributed by atoms with Gasteiger partial charge in [0.25, 0.3) is 0 Å². The van der Waals surface area contributed by atoms with E-state index in [1.807, 2.05) is 12.1 Å². The van der Waals surface area contributed by atoms with Crippen LogP contribution in [0.15, 0.2) is 24.4 Å². The molecule has 0 bridgehead atoms. The molecule has 0 aliphatic carbocycles. The van der Waals surface area contributed by atoms with E-state index >= 15 is 0 Å². The Bertz CT molecular complexity index is 1140. The van der Waals surface area contributed by atoms with Crippen LogP contribution in [0.1, 0.15) is 52.7 Å². The predicted octanol–water partition coefficient (Wildman–Crippen LogP) is 6.79. The maximum atomic E-state index is 14.2. The van der Waals surface area contributed by atoms with Gasteiger partial charge in [-0.2, -0.15) is 4.98 Å². The first-order valence-corrected chi connectivity index (χ1v) is 14.4. The van der Waals surface area contributed by atoms with Crippen molar-refractivity contribution < 1.29 is 13.6 Å². The average molecular weight is 491 g/mol. The normalized spacial score (nSPS) is 12.5. The quantitative estimate of drug-likeness (QED) is 0.196. The first-order valence-electron chi connectivity index (χ1n) is 11.2. The van der Waals surface area contributed by atoms with Gasteiger partial charge in [0.1, 0.15) is 0 Å². The first kappa shape index (κ1) is 25.5. The largest absolute Gasteiger partial charge is 0.477 e. The molecule has 6 nitrogen and oxygen atoms in total. The second-order valence-corrected chi connectivity index (χ2v) is 15.1. The van der Waals surface area contributed by atoms with E-state index in [4.69, 9.17) is 20.8 Å². The van der Waals surface area contributed by atoms with Crippen molar-refractivity contribution in [3.8, 4) is 17.3 Å². The molecule has 0 saturated carbocycles. The Kier molecular flexibility index (Phi) is 7.71. The Balaban J connectivity index is 1.88. The number of rotatable bonds is 8. The lowest BCUT2D eigenvalue weighted by Crippen LogP contribution is -2.41. The van der Waals surface area contributed by atoms with Gasteiger partial charge in [-0.25, -0.2) is 14.4 Å². The minimum Gasteiger partial charge on any atom is -0.477 e. The Labute approximate surface area is 201 Å². The fourth-order valence-electron chi connectivity index (χ4n) is 3.05. The summed E-state index contributed by atoms with van der Waals surface area (Å²) < 4.78 is 26.4. The summed E-state index contributed by atoms with van der Waals surface area (Å²) in [4.78, 5) is 17.8. The molecule has 0 aromatic carbocycles. The Morgan fingerprint density at radius 1 is 1.12 bits per heavy atom. The van der Waals surface area contributed by atoms with E-state index in [0.717, 1.165) is 11.3 Å². The van der Waals surface area contributed by atoms with Crippen LogP contribution in [0, 0.1) is 5.82 Å². The Hall–Kier alpha value is -2.16. The van der Waals surface area contributed by atoms with E-state index < -0.39 is 14.1 Å². The molecule has 3 heterocycles. The highest BCUT2D eigenvalue weighted by Gasteiger charge is 2.36. The molecule has 3 aromatic rings. The van der Waals surface area contributed by atoms with Gasteiger partial charge in [-0.1, -0.05) is 46.2 Å². The number of hydrogen-bond donors (Lipinski definition) is 0. The monoisotopic (exact) mass is 490 g/mol. The van der Waals surface area contributed by atoms with Gasteiger partial charge in [0, 0.05) is 24.8 Å². The molecule has 0 aliphatic rings. The van der Waals surface area contributed by atoms with Gasteiger partial charge < -0.3 is 9.16 Å². The number of ether oxygens (including phenoxy) is 1. The maximum absolute atomic E-state index is 14.2. The molecule has 0 amide bonds. The van der Waals surface area contributed by atoms with Crippen LogP contribution < -0.4 is 4.74 Å². The van der Waals surface area contributed by atoms with E-state index in [1.165, 1.54) is 6.07 Å². The van der Waals surface area contributed by atoms with Crippen LogP contribution in [0.2, 0.25) is 23.3 Å². The number of pyridine rings is 2. The molecule has 33 heavy (non-hydrogen) atoms. The van der Waals surface area contributed by atoms with Gasteiger partial charge in [-0.15, -0.1) is 0 Å². The standard InChI is InChI=1S/C24H32ClFN4O2Si/c1-15(2)19-16(10-8-11-27-19)21-29-22-17(14-18(26)20(25)28-22)23(30-21)31-12-9-13-32-33(6,7)24(3,4)5/h8,10-11,14-15H,9,12-13H2,1-7H3. The smallest absolute Gasteiger partial charge is 0.226 e. The van der Waals surface area contributed by atoms with Gasteiger partial charge in [-0.05, 0) is 42.2 Å². The zero-order chi connectivity index (χ0) is 24.4. The second kappa shape index (κ2) is 9.99. The van der Waals surface area contributed by atoms with Crippen molar-refractivity contribution in [2.24, 2.45) is 0 Å². The van der Waals surface area contributed by atoms with Crippen LogP contribution in [0.25, 0.3) is 22.4 Å². The van der Waals surface area contributed by atoms with Gasteiger partial charge >= 0.3 is 0 Å². The van der Waals surface area contributed by atoms with Crippen molar-refractivity contribution >= 4 is 31.0 Å². The van der Waals surface area contributed by atoms with E-state index in [9.17, 15) is 4.39 Å². The molecule has 0 saturated heterocycles. The van der Waals surface area contributed by atoms with E-state index in [-0.39, 0.29) is 27.6 Å². The van der Waals surface area contributed by atoms with Crippen molar-refractivity contribution in [3.05, 3.63) is 41.1 Å². The summed E-state index contributed by atoms with van der Waals surface area (Å²) in [7, 11) is -1.82. The number of hydrogen-bond acceptors (Lipinski definition) is 6. The zero-order valence-corrected chi connectivity index (χ0v) is 22.1. The lowest BCUT2D eigenvalue weighted by molar-refractivity contribution is 0.231. The summed E-state index contributed by atoms with van der Waals surface area (Å²) in [6, 6.07) is 5.01. The fraction of sp³-hybridized carbons (Fsp3) is 0.500. The number of nitrogens with zero attached hydrogens (tertiary/aromatic N) is 4. The topological polar surface area (TPSA) is 70.0 Å². The molecule has 0 N–H and O–H groups in total. The highest BCUT2D eigenvalue weighted by atomic mass is 35.5. The van der Waals surface area contributed by atoms with Crippen LogP contribution in [0.5, 0.6) is 5.88 Å². The molecule has 0 unspecified atom stereocenters. The summed E-state index contributed by atoms with van der Waals surface area (Å²) in [5, 5.41) is 0.281. The SMILES string of the molecule is CC(C)c1ncccc1-c1nc(OCCCO[Si](C)(C)C(C)(C)C)c2cc(F)c(Cl)nc2n1. The van der Waals surface area contributed by atoms with Crippen molar-refractivity contribution in [3.63, 3.8) is 0 Å². The van der Waals surface area contributed by atoms with Crippen molar-refractivity contribution in [1.82, 2.24) is 19.9 Å². The third-order valence-electron chi connectivity index (χ3n) is 5.99. The summed E-state index contributed by atoms with van der Waals surface area (Å²) in [5.41, 5.74) is 1.92. The van der Waals surface area contributed by atoms with Crippen LogP contribution in [0.3, 0.4) is 0 Å². The molecule has 0 radical (unpaired) electrons. The van der Waals surface area contributed by atoms with Crippen LogP contribution >= 0.6 is 11.6 Å². The molecule has 178 valence electrons. The molecule has 3 aromatic heterocycles. The van der Waals surface area contributed by atoms with E-state index in [0.29, 0.717) is 30.8 Å². The molecule has 0 fully saturated rings. The highest BCUT2D eigenvalue weighted by molar-refractivity contribution is 6.74. The minimum absolute atomic E-state index is 0.145. The second-order valence-electron chi connectivity index (χ2n) is 9.89. The van der Waals surface area contributed by atoms with Gasteiger partial charge in [-0.3, -0.25) is 4.98 Å². The molecule has 0 spiro atoms. The van der Waals surface area contributed by atoms with E-state index in [2.05, 4.69) is 67.6 Å². The maximum Gasteiger partial charge on any atom is 0.226 e. The van der Waals surface area contributed by atoms with E-state index in [1.54, 1.807) is 6.20 Å². The molecular formula is C24H32ClFN4O2Si.